The topological polar surface area (TPSA) is 71.3 Å². The van der Waals surface area contributed by atoms with Crippen molar-refractivity contribution in [2.24, 2.45) is 0 Å². The lowest BCUT2D eigenvalue weighted by atomic mass is 9.79. The second-order valence-corrected chi connectivity index (χ2v) is 6.30. The molecule has 0 radical (unpaired) electrons. The Morgan fingerprint density at radius 2 is 1.67 bits per heavy atom. The first kappa shape index (κ1) is 16.3. The number of furan rings is 1. The van der Waals surface area contributed by atoms with E-state index < -0.39 is 11.8 Å². The molecule has 3 rings (SSSR count). The summed E-state index contributed by atoms with van der Waals surface area (Å²) < 4.78 is 5.13. The average molecular weight is 326 g/mol. The van der Waals surface area contributed by atoms with Gasteiger partial charge in [0.1, 0.15) is 5.76 Å². The standard InChI is InChI=1S/C19H22N2O3/c22-17(20-13-16-9-6-12-24-16)18(23)21-14-19(10-4-5-11-19)15-7-2-1-3-8-15/h1-3,6-9,12H,4-5,10-11,13-14H2,(H,20,22)(H,21,23). The van der Waals surface area contributed by atoms with Gasteiger partial charge in [-0.25, -0.2) is 0 Å². The van der Waals surface area contributed by atoms with Gasteiger partial charge in [0.25, 0.3) is 0 Å². The summed E-state index contributed by atoms with van der Waals surface area (Å²) in [6.45, 7) is 0.701. The molecule has 2 N–H and O–H groups in total. The molecule has 0 aliphatic heterocycles. The van der Waals surface area contributed by atoms with Crippen LogP contribution in [0.5, 0.6) is 0 Å². The summed E-state index contributed by atoms with van der Waals surface area (Å²) in [7, 11) is 0. The third-order valence-corrected chi connectivity index (χ3v) is 4.74. The van der Waals surface area contributed by atoms with E-state index in [1.54, 1.807) is 12.1 Å². The van der Waals surface area contributed by atoms with Crippen molar-refractivity contribution in [3.05, 3.63) is 60.1 Å². The van der Waals surface area contributed by atoms with Crippen LogP contribution in [0, 0.1) is 0 Å². The third kappa shape index (κ3) is 3.67. The molecule has 1 aromatic heterocycles. The molecule has 1 fully saturated rings. The molecule has 0 saturated heterocycles. The Morgan fingerprint density at radius 3 is 2.33 bits per heavy atom. The number of hydrogen-bond acceptors (Lipinski definition) is 3. The van der Waals surface area contributed by atoms with Crippen molar-refractivity contribution >= 4 is 11.8 Å². The van der Waals surface area contributed by atoms with Crippen LogP contribution in [-0.4, -0.2) is 18.4 Å². The highest BCUT2D eigenvalue weighted by Crippen LogP contribution is 2.40. The van der Waals surface area contributed by atoms with Crippen molar-refractivity contribution in [3.8, 4) is 0 Å². The molecule has 0 spiro atoms. The van der Waals surface area contributed by atoms with Crippen molar-refractivity contribution in [3.63, 3.8) is 0 Å². The summed E-state index contributed by atoms with van der Waals surface area (Å²) in [6, 6.07) is 13.7. The molecule has 1 saturated carbocycles. The first-order valence-corrected chi connectivity index (χ1v) is 8.34. The molecule has 0 atom stereocenters. The zero-order valence-corrected chi connectivity index (χ0v) is 13.6. The van der Waals surface area contributed by atoms with E-state index in [9.17, 15) is 9.59 Å². The van der Waals surface area contributed by atoms with Crippen LogP contribution in [0.2, 0.25) is 0 Å². The molecule has 1 heterocycles. The quantitative estimate of drug-likeness (QED) is 0.830. The predicted octanol–water partition coefficient (Wildman–Crippen LogP) is 2.52. The second-order valence-electron chi connectivity index (χ2n) is 6.30. The minimum absolute atomic E-state index is 0.0573. The van der Waals surface area contributed by atoms with E-state index in [1.807, 2.05) is 18.2 Å². The minimum Gasteiger partial charge on any atom is -0.467 e. The van der Waals surface area contributed by atoms with Crippen LogP contribution in [0.1, 0.15) is 37.0 Å². The van der Waals surface area contributed by atoms with Gasteiger partial charge in [-0.3, -0.25) is 9.59 Å². The monoisotopic (exact) mass is 326 g/mol. The largest absolute Gasteiger partial charge is 0.467 e. The van der Waals surface area contributed by atoms with Crippen LogP contribution in [0.25, 0.3) is 0 Å². The van der Waals surface area contributed by atoms with Gasteiger partial charge < -0.3 is 15.1 Å². The Hall–Kier alpha value is -2.56. The van der Waals surface area contributed by atoms with Crippen molar-refractivity contribution in [1.29, 1.82) is 0 Å². The summed E-state index contributed by atoms with van der Waals surface area (Å²) in [5.41, 5.74) is 1.18. The van der Waals surface area contributed by atoms with Crippen LogP contribution < -0.4 is 10.6 Å². The van der Waals surface area contributed by atoms with Gasteiger partial charge in [0.15, 0.2) is 0 Å². The summed E-state index contributed by atoms with van der Waals surface area (Å²) in [6.07, 6.45) is 5.90. The molecular weight excluding hydrogens is 304 g/mol. The van der Waals surface area contributed by atoms with E-state index >= 15 is 0 Å². The molecule has 1 aliphatic rings. The van der Waals surface area contributed by atoms with E-state index in [0.29, 0.717) is 12.3 Å². The Bertz CT molecular complexity index is 674. The van der Waals surface area contributed by atoms with Crippen LogP contribution in [-0.2, 0) is 21.5 Å². The number of carbonyl (C=O) groups excluding carboxylic acids is 2. The highest BCUT2D eigenvalue weighted by Gasteiger charge is 2.36. The predicted molar refractivity (Wildman–Crippen MR) is 90.2 cm³/mol. The van der Waals surface area contributed by atoms with Gasteiger partial charge in [0.2, 0.25) is 0 Å². The summed E-state index contributed by atoms with van der Waals surface area (Å²) >= 11 is 0. The van der Waals surface area contributed by atoms with Crippen molar-refractivity contribution in [2.45, 2.75) is 37.6 Å². The number of hydrogen-bond donors (Lipinski definition) is 2. The first-order valence-electron chi connectivity index (χ1n) is 8.34. The molecule has 24 heavy (non-hydrogen) atoms. The van der Waals surface area contributed by atoms with Crippen molar-refractivity contribution in [1.82, 2.24) is 10.6 Å². The van der Waals surface area contributed by atoms with Crippen LogP contribution >= 0.6 is 0 Å². The second kappa shape index (κ2) is 7.34. The maximum absolute atomic E-state index is 12.1. The average Bonchev–Trinajstić information content (AvgIpc) is 3.31. The number of rotatable bonds is 5. The van der Waals surface area contributed by atoms with Crippen molar-refractivity contribution in [2.75, 3.05) is 6.54 Å². The molecule has 5 nitrogen and oxygen atoms in total. The molecule has 2 aromatic rings. The molecule has 2 amide bonds. The van der Waals surface area contributed by atoms with Gasteiger partial charge in [0, 0.05) is 12.0 Å². The highest BCUT2D eigenvalue weighted by atomic mass is 16.3. The Balaban J connectivity index is 1.56. The van der Waals surface area contributed by atoms with Gasteiger partial charge >= 0.3 is 11.8 Å². The first-order chi connectivity index (χ1) is 11.7. The van der Waals surface area contributed by atoms with Crippen LogP contribution in [0.15, 0.2) is 53.1 Å². The van der Waals surface area contributed by atoms with Gasteiger partial charge in [-0.05, 0) is 30.5 Å². The molecule has 0 unspecified atom stereocenters. The zero-order valence-electron chi connectivity index (χ0n) is 13.6. The number of carbonyl (C=O) groups is 2. The maximum Gasteiger partial charge on any atom is 0.309 e. The lowest BCUT2D eigenvalue weighted by molar-refractivity contribution is -0.139. The zero-order chi connectivity index (χ0) is 16.8. The van der Waals surface area contributed by atoms with E-state index in [0.717, 1.165) is 25.7 Å². The molecular formula is C19H22N2O3. The van der Waals surface area contributed by atoms with Crippen molar-refractivity contribution < 1.29 is 14.0 Å². The van der Waals surface area contributed by atoms with E-state index in [4.69, 9.17) is 4.42 Å². The highest BCUT2D eigenvalue weighted by molar-refractivity contribution is 6.35. The van der Waals surface area contributed by atoms with E-state index in [2.05, 4.69) is 22.8 Å². The fraction of sp³-hybridized carbons (Fsp3) is 0.368. The number of amides is 2. The fourth-order valence-corrected chi connectivity index (χ4v) is 3.40. The van der Waals surface area contributed by atoms with Gasteiger partial charge in [-0.2, -0.15) is 0 Å². The van der Waals surface area contributed by atoms with Gasteiger partial charge in [-0.15, -0.1) is 0 Å². The number of benzene rings is 1. The molecule has 1 aromatic carbocycles. The summed E-state index contributed by atoms with van der Waals surface area (Å²) in [5, 5.41) is 5.38. The fourth-order valence-electron chi connectivity index (χ4n) is 3.40. The Morgan fingerprint density at radius 1 is 0.958 bits per heavy atom. The number of nitrogens with one attached hydrogen (secondary N) is 2. The molecule has 1 aliphatic carbocycles. The lowest BCUT2D eigenvalue weighted by Crippen LogP contribution is -2.45. The summed E-state index contributed by atoms with van der Waals surface area (Å²) in [4.78, 5) is 24.0. The maximum atomic E-state index is 12.1. The Kier molecular flexibility index (Phi) is 4.99. The normalized spacial score (nSPS) is 15.8. The van der Waals surface area contributed by atoms with Crippen LogP contribution in [0.3, 0.4) is 0 Å². The van der Waals surface area contributed by atoms with E-state index in [1.165, 1.54) is 11.8 Å². The minimum atomic E-state index is -0.632. The summed E-state index contributed by atoms with van der Waals surface area (Å²) in [5.74, 6) is -0.607. The SMILES string of the molecule is O=C(NCc1ccco1)C(=O)NCC1(c2ccccc2)CCCC1. The van der Waals surface area contributed by atoms with E-state index in [-0.39, 0.29) is 12.0 Å². The van der Waals surface area contributed by atoms with Gasteiger partial charge in [-0.1, -0.05) is 43.2 Å². The molecule has 0 bridgehead atoms. The Labute approximate surface area is 141 Å². The molecule has 5 heteroatoms. The van der Waals surface area contributed by atoms with Gasteiger partial charge in [0.05, 0.1) is 12.8 Å². The third-order valence-electron chi connectivity index (χ3n) is 4.74. The smallest absolute Gasteiger partial charge is 0.309 e. The lowest BCUT2D eigenvalue weighted by Gasteiger charge is -2.29. The molecule has 126 valence electrons. The van der Waals surface area contributed by atoms with Crippen LogP contribution in [0.4, 0.5) is 0 Å².